The van der Waals surface area contributed by atoms with Crippen LogP contribution in [0.3, 0.4) is 0 Å². The van der Waals surface area contributed by atoms with E-state index in [4.69, 9.17) is 0 Å². The number of aromatic amines is 1. The van der Waals surface area contributed by atoms with Gasteiger partial charge in [0.1, 0.15) is 5.82 Å². The molecular formula is C17H24N4O2. The molecule has 4 N–H and O–H groups in total. The average molecular weight is 316 g/mol. The van der Waals surface area contributed by atoms with Gasteiger partial charge in [0.2, 0.25) is 0 Å². The fourth-order valence-electron chi connectivity index (χ4n) is 3.13. The number of hydrogen-bond donors (Lipinski definition) is 4. The summed E-state index contributed by atoms with van der Waals surface area (Å²) in [7, 11) is 0. The molecule has 23 heavy (non-hydrogen) atoms. The fourth-order valence-corrected chi connectivity index (χ4v) is 3.13. The summed E-state index contributed by atoms with van der Waals surface area (Å²) in [6, 6.07) is 7.25. The van der Waals surface area contributed by atoms with Crippen molar-refractivity contribution in [1.82, 2.24) is 20.6 Å². The van der Waals surface area contributed by atoms with E-state index < -0.39 is 5.60 Å². The molecule has 2 aromatic rings. The lowest BCUT2D eigenvalue weighted by atomic mass is 9.85. The Morgan fingerprint density at radius 3 is 2.83 bits per heavy atom. The van der Waals surface area contributed by atoms with Crippen LogP contribution in [0.15, 0.2) is 24.3 Å². The molecule has 0 bridgehead atoms. The highest BCUT2D eigenvalue weighted by atomic mass is 16.3. The summed E-state index contributed by atoms with van der Waals surface area (Å²) < 4.78 is 0. The van der Waals surface area contributed by atoms with E-state index >= 15 is 0 Å². The molecular weight excluding hydrogens is 292 g/mol. The molecule has 1 saturated carbocycles. The zero-order valence-electron chi connectivity index (χ0n) is 13.4. The number of hydrogen-bond acceptors (Lipinski definition) is 3. The summed E-state index contributed by atoms with van der Waals surface area (Å²) in [5.74, 6) is 0.720. The first-order valence-corrected chi connectivity index (χ1v) is 8.27. The topological polar surface area (TPSA) is 90.0 Å². The third kappa shape index (κ3) is 3.82. The summed E-state index contributed by atoms with van der Waals surface area (Å²) in [5, 5.41) is 16.1. The van der Waals surface area contributed by atoms with Crippen molar-refractivity contribution in [3.05, 3.63) is 30.1 Å². The number of aromatic nitrogens is 2. The smallest absolute Gasteiger partial charge is 0.315 e. The van der Waals surface area contributed by atoms with Crippen molar-refractivity contribution in [2.75, 3.05) is 6.54 Å². The van der Waals surface area contributed by atoms with Crippen molar-refractivity contribution in [2.24, 2.45) is 0 Å². The number of fused-ring (bicyclic) bond motifs is 1. The van der Waals surface area contributed by atoms with Gasteiger partial charge in [0.15, 0.2) is 0 Å². The number of benzene rings is 1. The summed E-state index contributed by atoms with van der Waals surface area (Å²) in [6.45, 7) is 2.18. The van der Waals surface area contributed by atoms with Crippen LogP contribution in [0, 0.1) is 0 Å². The average Bonchev–Trinajstić information content (AvgIpc) is 2.98. The van der Waals surface area contributed by atoms with Gasteiger partial charge in [-0.25, -0.2) is 9.78 Å². The number of amides is 2. The molecule has 6 nitrogen and oxygen atoms in total. The Labute approximate surface area is 135 Å². The predicted octanol–water partition coefficient (Wildman–Crippen LogP) is 2.62. The van der Waals surface area contributed by atoms with Gasteiger partial charge in [-0.15, -0.1) is 0 Å². The number of nitrogens with one attached hydrogen (secondary N) is 3. The number of carbonyl (C=O) groups is 1. The Morgan fingerprint density at radius 1 is 1.35 bits per heavy atom. The van der Waals surface area contributed by atoms with E-state index in [2.05, 4.69) is 20.6 Å². The highest BCUT2D eigenvalue weighted by Crippen LogP contribution is 2.27. The number of carbonyl (C=O) groups excluding carboxylic acids is 1. The Kier molecular flexibility index (Phi) is 4.52. The molecule has 3 rings (SSSR count). The van der Waals surface area contributed by atoms with Crippen LogP contribution in [-0.2, 0) is 0 Å². The van der Waals surface area contributed by atoms with Crippen LogP contribution in [0.1, 0.15) is 50.9 Å². The van der Waals surface area contributed by atoms with Crippen LogP contribution < -0.4 is 10.6 Å². The van der Waals surface area contributed by atoms with Gasteiger partial charge in [0.05, 0.1) is 22.7 Å². The van der Waals surface area contributed by atoms with Crippen molar-refractivity contribution in [1.29, 1.82) is 0 Å². The highest BCUT2D eigenvalue weighted by molar-refractivity contribution is 5.76. The number of aliphatic hydroxyl groups is 1. The minimum Gasteiger partial charge on any atom is -0.388 e. The molecule has 0 aliphatic heterocycles. The lowest BCUT2D eigenvalue weighted by Crippen LogP contribution is -2.47. The Morgan fingerprint density at radius 2 is 2.09 bits per heavy atom. The normalized spacial score (nSPS) is 18.5. The van der Waals surface area contributed by atoms with Crippen LogP contribution in [-0.4, -0.2) is 33.3 Å². The Balaban J connectivity index is 1.54. The second-order valence-corrected chi connectivity index (χ2v) is 6.47. The van der Waals surface area contributed by atoms with Gasteiger partial charge in [0.25, 0.3) is 0 Å². The zero-order chi connectivity index (χ0) is 16.3. The minimum atomic E-state index is -0.752. The van der Waals surface area contributed by atoms with E-state index in [-0.39, 0.29) is 12.1 Å². The van der Waals surface area contributed by atoms with Crippen molar-refractivity contribution in [2.45, 2.75) is 50.7 Å². The van der Waals surface area contributed by atoms with Gasteiger partial charge in [-0.1, -0.05) is 31.4 Å². The number of urea groups is 1. The molecule has 6 heteroatoms. The van der Waals surface area contributed by atoms with Crippen LogP contribution in [0.25, 0.3) is 11.0 Å². The molecule has 1 fully saturated rings. The summed E-state index contributed by atoms with van der Waals surface area (Å²) in [5.41, 5.74) is 1.08. The number of imidazole rings is 1. The highest BCUT2D eigenvalue weighted by Gasteiger charge is 2.29. The molecule has 1 aromatic carbocycles. The van der Waals surface area contributed by atoms with E-state index in [1.807, 2.05) is 31.2 Å². The van der Waals surface area contributed by atoms with Gasteiger partial charge >= 0.3 is 6.03 Å². The molecule has 1 unspecified atom stereocenters. The minimum absolute atomic E-state index is 0.233. The molecule has 1 aliphatic carbocycles. The SMILES string of the molecule is CC(NC(=O)NCC1(O)CCCCC1)c1nc2ccccc2[nH]1. The molecule has 1 heterocycles. The van der Waals surface area contributed by atoms with Crippen molar-refractivity contribution < 1.29 is 9.90 Å². The number of H-pyrrole nitrogens is 1. The third-order valence-corrected chi connectivity index (χ3v) is 4.53. The summed E-state index contributed by atoms with van der Waals surface area (Å²) >= 11 is 0. The van der Waals surface area contributed by atoms with E-state index in [1.165, 1.54) is 0 Å². The molecule has 124 valence electrons. The van der Waals surface area contributed by atoms with Crippen LogP contribution in [0.4, 0.5) is 4.79 Å². The maximum absolute atomic E-state index is 12.1. The third-order valence-electron chi connectivity index (χ3n) is 4.53. The number of nitrogens with zero attached hydrogens (tertiary/aromatic N) is 1. The van der Waals surface area contributed by atoms with Gasteiger partial charge in [-0.05, 0) is 31.9 Å². The lowest BCUT2D eigenvalue weighted by molar-refractivity contribution is 0.00713. The Hall–Kier alpha value is -2.08. The molecule has 2 amide bonds. The molecule has 1 aromatic heterocycles. The van der Waals surface area contributed by atoms with Crippen molar-refractivity contribution in [3.63, 3.8) is 0 Å². The standard InChI is InChI=1S/C17H24N4O2/c1-12(15-20-13-7-3-4-8-14(13)21-15)19-16(22)18-11-17(23)9-5-2-6-10-17/h3-4,7-8,12,23H,2,5-6,9-11H2,1H3,(H,20,21)(H2,18,19,22). The van der Waals surface area contributed by atoms with Gasteiger partial charge in [0, 0.05) is 6.54 Å². The first-order chi connectivity index (χ1) is 11.1. The molecule has 1 aliphatic rings. The largest absolute Gasteiger partial charge is 0.388 e. The van der Waals surface area contributed by atoms with Crippen molar-refractivity contribution in [3.8, 4) is 0 Å². The maximum Gasteiger partial charge on any atom is 0.315 e. The van der Waals surface area contributed by atoms with E-state index in [9.17, 15) is 9.90 Å². The van der Waals surface area contributed by atoms with Crippen LogP contribution in [0.2, 0.25) is 0 Å². The molecule has 1 atom stereocenters. The zero-order valence-corrected chi connectivity index (χ0v) is 13.4. The molecule has 0 saturated heterocycles. The summed E-state index contributed by atoms with van der Waals surface area (Å²) in [4.78, 5) is 19.7. The number of para-hydroxylation sites is 2. The van der Waals surface area contributed by atoms with Crippen molar-refractivity contribution >= 4 is 17.1 Å². The quantitative estimate of drug-likeness (QED) is 0.699. The Bertz CT molecular complexity index is 643. The van der Waals surface area contributed by atoms with E-state index in [0.29, 0.717) is 6.54 Å². The van der Waals surface area contributed by atoms with Gasteiger partial charge < -0.3 is 20.7 Å². The van der Waals surface area contributed by atoms with Gasteiger partial charge in [-0.3, -0.25) is 0 Å². The summed E-state index contributed by atoms with van der Waals surface area (Å²) in [6.07, 6.45) is 4.72. The lowest BCUT2D eigenvalue weighted by Gasteiger charge is -2.32. The first-order valence-electron chi connectivity index (χ1n) is 8.27. The molecule has 0 radical (unpaired) electrons. The first kappa shape index (κ1) is 15.8. The number of rotatable bonds is 4. The van der Waals surface area contributed by atoms with Crippen LogP contribution in [0.5, 0.6) is 0 Å². The maximum atomic E-state index is 12.1. The van der Waals surface area contributed by atoms with E-state index in [1.54, 1.807) is 0 Å². The molecule has 0 spiro atoms. The monoisotopic (exact) mass is 316 g/mol. The van der Waals surface area contributed by atoms with Gasteiger partial charge in [-0.2, -0.15) is 0 Å². The van der Waals surface area contributed by atoms with E-state index in [0.717, 1.165) is 49.0 Å². The second kappa shape index (κ2) is 6.58. The van der Waals surface area contributed by atoms with Crippen LogP contribution >= 0.6 is 0 Å². The fraction of sp³-hybridized carbons (Fsp3) is 0.529. The predicted molar refractivity (Wildman–Crippen MR) is 89.1 cm³/mol. The second-order valence-electron chi connectivity index (χ2n) is 6.47.